The number of hydrogen-bond acceptors (Lipinski definition) is 6. The number of ether oxygens (including phenoxy) is 1. The van der Waals surface area contributed by atoms with Gasteiger partial charge >= 0.3 is 13.3 Å². The van der Waals surface area contributed by atoms with Crippen LogP contribution in [-0.4, -0.2) is 48.7 Å². The molecule has 252 valence electrons. The summed E-state index contributed by atoms with van der Waals surface area (Å²) in [5.41, 5.74) is 4.71. The van der Waals surface area contributed by atoms with Gasteiger partial charge in [-0.25, -0.2) is 4.39 Å². The van der Waals surface area contributed by atoms with Gasteiger partial charge in [-0.3, -0.25) is 9.59 Å². The molecule has 1 aliphatic rings. The first-order chi connectivity index (χ1) is 22.9. The number of carbonyl (C=O) groups excluding carboxylic acids is 2. The fourth-order valence-corrected chi connectivity index (χ4v) is 6.23. The molecule has 2 atom stereocenters. The second-order valence-corrected chi connectivity index (χ2v) is 13.3. The Morgan fingerprint density at radius 2 is 1.56 bits per heavy atom. The molecular weight excluding hydrogens is 610 g/mol. The number of nitrogens with zero attached hydrogens (tertiary/aromatic N) is 1. The summed E-state index contributed by atoms with van der Waals surface area (Å²) in [4.78, 5) is 27.0. The van der Waals surface area contributed by atoms with Gasteiger partial charge < -0.3 is 28.6 Å². The van der Waals surface area contributed by atoms with Gasteiger partial charge in [0.25, 0.3) is 5.91 Å². The van der Waals surface area contributed by atoms with Crippen molar-refractivity contribution >= 4 is 24.9 Å². The molecule has 0 aliphatic carbocycles. The minimum Gasteiger partial charge on any atom is -0.460 e. The number of anilines is 1. The number of benzene rings is 3. The average molecular weight is 655 g/mol. The van der Waals surface area contributed by atoms with Gasteiger partial charge in [-0.1, -0.05) is 62.4 Å². The van der Waals surface area contributed by atoms with Gasteiger partial charge in [0.05, 0.1) is 23.8 Å². The molecule has 0 bridgehead atoms. The fourth-order valence-electron chi connectivity index (χ4n) is 6.23. The largest absolute Gasteiger partial charge is 0.639 e. The molecule has 1 saturated heterocycles. The number of nitrogens with one attached hydrogen (secondary N) is 1. The predicted molar refractivity (Wildman–Crippen MR) is 186 cm³/mol. The van der Waals surface area contributed by atoms with Crippen molar-refractivity contribution in [2.45, 2.75) is 84.2 Å². The summed E-state index contributed by atoms with van der Waals surface area (Å²) in [6.07, 6.45) is 0.282. The Morgan fingerprint density at radius 1 is 0.938 bits per heavy atom. The molecule has 1 amide bonds. The van der Waals surface area contributed by atoms with Gasteiger partial charge in [-0.05, 0) is 87.1 Å². The molecule has 4 aromatic rings. The molecule has 1 fully saturated rings. The highest BCUT2D eigenvalue weighted by Crippen LogP contribution is 2.43. The molecule has 5 rings (SSSR count). The quantitative estimate of drug-likeness (QED) is 0.129. The molecule has 10 heteroatoms. The summed E-state index contributed by atoms with van der Waals surface area (Å²) >= 11 is 0. The first kappa shape index (κ1) is 35.1. The molecular formula is C38H44BFN2O6. The number of rotatable bonds is 11. The fraction of sp³-hybridized carbons (Fsp3) is 0.368. The Bertz CT molecular complexity index is 1690. The zero-order chi connectivity index (χ0) is 34.4. The summed E-state index contributed by atoms with van der Waals surface area (Å²) < 4.78 is 39.4. The molecule has 1 aliphatic heterocycles. The Labute approximate surface area is 282 Å². The van der Waals surface area contributed by atoms with Crippen molar-refractivity contribution in [2.75, 3.05) is 12.4 Å². The van der Waals surface area contributed by atoms with E-state index in [0.717, 1.165) is 28.1 Å². The summed E-state index contributed by atoms with van der Waals surface area (Å²) in [7, 11) is 0.561. The van der Waals surface area contributed by atoms with Crippen molar-refractivity contribution in [2.24, 2.45) is 0 Å². The van der Waals surface area contributed by atoms with Crippen LogP contribution in [0, 0.1) is 5.82 Å². The SMILES string of the molecule is COB1O[C@H](CCn2c(-c3ccc(F)cc3)c(-c3ccccc3)c(C(=O)Nc3ccccc3)c2C(C)C)C[C@H](CC(=O)OC(C)(C)C)O1. The van der Waals surface area contributed by atoms with E-state index in [0.29, 0.717) is 30.6 Å². The second kappa shape index (κ2) is 15.3. The van der Waals surface area contributed by atoms with E-state index in [-0.39, 0.29) is 36.1 Å². The van der Waals surface area contributed by atoms with Gasteiger partial charge in [0, 0.05) is 36.7 Å². The molecule has 0 unspecified atom stereocenters. The number of para-hydroxylation sites is 1. The third kappa shape index (κ3) is 8.61. The van der Waals surface area contributed by atoms with Crippen LogP contribution in [0.5, 0.6) is 0 Å². The maximum absolute atomic E-state index is 14.3. The number of hydrogen-bond donors (Lipinski definition) is 1. The van der Waals surface area contributed by atoms with E-state index in [2.05, 4.69) is 23.7 Å². The minimum absolute atomic E-state index is 0.0552. The van der Waals surface area contributed by atoms with Crippen LogP contribution in [-0.2, 0) is 30.0 Å². The van der Waals surface area contributed by atoms with E-state index in [4.69, 9.17) is 18.7 Å². The average Bonchev–Trinajstić information content (AvgIpc) is 3.39. The minimum atomic E-state index is -0.936. The number of halogens is 1. The summed E-state index contributed by atoms with van der Waals surface area (Å²) in [6, 6.07) is 25.5. The van der Waals surface area contributed by atoms with Crippen molar-refractivity contribution in [1.29, 1.82) is 0 Å². The summed E-state index contributed by atoms with van der Waals surface area (Å²) in [5, 5.41) is 3.11. The van der Waals surface area contributed by atoms with Crippen molar-refractivity contribution in [3.8, 4) is 22.4 Å². The van der Waals surface area contributed by atoms with Crippen molar-refractivity contribution in [3.63, 3.8) is 0 Å². The number of amides is 1. The first-order valence-corrected chi connectivity index (χ1v) is 16.4. The lowest BCUT2D eigenvalue weighted by atomic mass is 9.94. The van der Waals surface area contributed by atoms with Crippen molar-refractivity contribution in [1.82, 2.24) is 4.57 Å². The van der Waals surface area contributed by atoms with Crippen LogP contribution in [0.4, 0.5) is 10.1 Å². The zero-order valence-corrected chi connectivity index (χ0v) is 28.5. The maximum atomic E-state index is 14.3. The van der Waals surface area contributed by atoms with Crippen LogP contribution >= 0.6 is 0 Å². The Balaban J connectivity index is 1.58. The van der Waals surface area contributed by atoms with E-state index in [1.165, 1.54) is 19.2 Å². The molecule has 1 aromatic heterocycles. The molecule has 0 spiro atoms. The first-order valence-electron chi connectivity index (χ1n) is 16.4. The predicted octanol–water partition coefficient (Wildman–Crippen LogP) is 8.26. The Kier molecular flexibility index (Phi) is 11.2. The molecule has 0 radical (unpaired) electrons. The molecule has 0 saturated carbocycles. The highest BCUT2D eigenvalue weighted by atomic mass is 19.1. The molecule has 1 N–H and O–H groups in total. The maximum Gasteiger partial charge on any atom is 0.639 e. The van der Waals surface area contributed by atoms with Gasteiger partial charge in [0.2, 0.25) is 0 Å². The number of aromatic nitrogens is 1. The molecule has 8 nitrogen and oxygen atoms in total. The van der Waals surface area contributed by atoms with Gasteiger partial charge in [-0.2, -0.15) is 0 Å². The lowest BCUT2D eigenvalue weighted by molar-refractivity contribution is -0.158. The highest BCUT2D eigenvalue weighted by molar-refractivity contribution is 6.36. The number of esters is 1. The molecule has 2 heterocycles. The Morgan fingerprint density at radius 3 is 2.17 bits per heavy atom. The highest BCUT2D eigenvalue weighted by Gasteiger charge is 2.38. The van der Waals surface area contributed by atoms with E-state index < -0.39 is 19.0 Å². The standard InChI is InChI=1S/C38H44BFN2O6/c1-25(2)35-34(37(44)41-29-15-11-8-12-16-29)33(26-13-9-7-10-14-26)36(27-17-19-28(40)20-18-27)42(35)22-21-30-23-31(48-39(45-6)47-30)24-32(43)46-38(3,4)5/h7-20,25,30-31H,21-24H2,1-6H3,(H,41,44)/t30-,31-/m1/s1. The van der Waals surface area contributed by atoms with Crippen LogP contribution in [0.2, 0.25) is 0 Å². The van der Waals surface area contributed by atoms with Crippen LogP contribution in [0.1, 0.15) is 75.9 Å². The van der Waals surface area contributed by atoms with Gasteiger partial charge in [-0.15, -0.1) is 0 Å². The van der Waals surface area contributed by atoms with Crippen molar-refractivity contribution < 1.29 is 32.7 Å². The summed E-state index contributed by atoms with van der Waals surface area (Å²) in [6.45, 7) is 10.1. The van der Waals surface area contributed by atoms with Crippen molar-refractivity contribution in [3.05, 3.63) is 102 Å². The van der Waals surface area contributed by atoms with Crippen LogP contribution in [0.15, 0.2) is 84.9 Å². The number of carbonyl (C=O) groups is 2. The lowest BCUT2D eigenvalue weighted by Gasteiger charge is -2.33. The monoisotopic (exact) mass is 654 g/mol. The lowest BCUT2D eigenvalue weighted by Crippen LogP contribution is -2.44. The van der Waals surface area contributed by atoms with E-state index in [9.17, 15) is 14.0 Å². The third-order valence-corrected chi connectivity index (χ3v) is 8.10. The van der Waals surface area contributed by atoms with Crippen LogP contribution in [0.3, 0.4) is 0 Å². The van der Waals surface area contributed by atoms with E-state index in [1.54, 1.807) is 12.1 Å². The van der Waals surface area contributed by atoms with Gasteiger partial charge in [0.15, 0.2) is 0 Å². The van der Waals surface area contributed by atoms with Crippen LogP contribution in [0.25, 0.3) is 22.4 Å². The Hall–Kier alpha value is -4.25. The second-order valence-electron chi connectivity index (χ2n) is 13.3. The van der Waals surface area contributed by atoms with E-state index >= 15 is 0 Å². The summed E-state index contributed by atoms with van der Waals surface area (Å²) in [5.74, 6) is -0.984. The smallest absolute Gasteiger partial charge is 0.460 e. The normalized spacial score (nSPS) is 16.6. The topological polar surface area (TPSA) is 88.0 Å². The molecule has 48 heavy (non-hydrogen) atoms. The third-order valence-electron chi connectivity index (χ3n) is 8.10. The molecule has 3 aromatic carbocycles. The van der Waals surface area contributed by atoms with Gasteiger partial charge in [0.1, 0.15) is 11.4 Å². The zero-order valence-electron chi connectivity index (χ0n) is 28.5. The van der Waals surface area contributed by atoms with Crippen LogP contribution < -0.4 is 5.32 Å². The van der Waals surface area contributed by atoms with E-state index in [1.807, 2.05) is 81.4 Å².